The molecule has 0 aliphatic carbocycles. The average molecular weight is 374 g/mol. The molecule has 2 heterocycles. The van der Waals surface area contributed by atoms with Gasteiger partial charge in [-0.2, -0.15) is 0 Å². The Bertz CT molecular complexity index is 671. The Morgan fingerprint density at radius 2 is 2.22 bits per heavy atom. The number of para-hydroxylation sites is 1. The first-order valence-electron chi connectivity index (χ1n) is 9.76. The summed E-state index contributed by atoms with van der Waals surface area (Å²) in [5, 5.41) is 15.9. The highest BCUT2D eigenvalue weighted by Crippen LogP contribution is 2.31. The number of nitrogens with zero attached hydrogens (tertiary/aromatic N) is 2. The maximum atomic E-state index is 12.7. The van der Waals surface area contributed by atoms with Crippen LogP contribution in [0.3, 0.4) is 0 Å². The molecule has 0 saturated carbocycles. The van der Waals surface area contributed by atoms with E-state index in [1.807, 2.05) is 30.0 Å². The highest BCUT2D eigenvalue weighted by Gasteiger charge is 2.34. The van der Waals surface area contributed by atoms with Crippen LogP contribution in [-0.2, 0) is 16.0 Å². The summed E-state index contributed by atoms with van der Waals surface area (Å²) >= 11 is 0. The van der Waals surface area contributed by atoms with Crippen molar-refractivity contribution in [2.45, 2.75) is 26.2 Å². The number of hydrogen-bond acceptors (Lipinski definition) is 4. The largest absolute Gasteiger partial charge is 0.396 e. The molecule has 2 aliphatic heterocycles. The zero-order chi connectivity index (χ0) is 19.1. The third-order valence-electron chi connectivity index (χ3n) is 5.36. The van der Waals surface area contributed by atoms with Gasteiger partial charge in [-0.1, -0.05) is 18.2 Å². The number of hydrogen-bond donors (Lipinski definition) is 3. The van der Waals surface area contributed by atoms with Gasteiger partial charge in [0.25, 0.3) is 0 Å². The number of anilines is 1. The number of carbonyl (C=O) groups excluding carboxylic acids is 1. The fourth-order valence-corrected chi connectivity index (χ4v) is 3.75. The van der Waals surface area contributed by atoms with Crippen molar-refractivity contribution in [1.82, 2.24) is 10.6 Å². The van der Waals surface area contributed by atoms with E-state index in [0.29, 0.717) is 32.1 Å². The second-order valence-corrected chi connectivity index (χ2v) is 7.25. The van der Waals surface area contributed by atoms with Crippen molar-refractivity contribution in [2.75, 3.05) is 50.9 Å². The number of carbonyl (C=O) groups is 1. The highest BCUT2D eigenvalue weighted by atomic mass is 16.5. The Hall–Kier alpha value is -2.12. The van der Waals surface area contributed by atoms with E-state index in [2.05, 4.69) is 21.7 Å². The van der Waals surface area contributed by atoms with E-state index in [9.17, 15) is 9.90 Å². The summed E-state index contributed by atoms with van der Waals surface area (Å²) < 4.78 is 5.53. The van der Waals surface area contributed by atoms with Crippen LogP contribution in [0.2, 0.25) is 0 Å². The lowest BCUT2D eigenvalue weighted by molar-refractivity contribution is -0.117. The third kappa shape index (κ3) is 4.78. The van der Waals surface area contributed by atoms with E-state index in [1.165, 1.54) is 5.56 Å². The molecule has 3 N–H and O–H groups in total. The number of aliphatic imine (C=N–C) groups is 1. The molecule has 0 aromatic heterocycles. The van der Waals surface area contributed by atoms with Crippen molar-refractivity contribution >= 4 is 17.6 Å². The van der Waals surface area contributed by atoms with E-state index in [0.717, 1.165) is 31.7 Å². The van der Waals surface area contributed by atoms with Gasteiger partial charge in [0.2, 0.25) is 5.91 Å². The number of nitrogens with one attached hydrogen (secondary N) is 2. The van der Waals surface area contributed by atoms with Gasteiger partial charge in [-0.15, -0.1) is 0 Å². The number of fused-ring (bicyclic) bond motifs is 1. The molecule has 7 nitrogen and oxygen atoms in total. The minimum atomic E-state index is -0.0666. The van der Waals surface area contributed by atoms with Crippen molar-refractivity contribution in [2.24, 2.45) is 10.4 Å². The lowest BCUT2D eigenvalue weighted by Crippen LogP contribution is -2.45. The van der Waals surface area contributed by atoms with E-state index in [4.69, 9.17) is 4.74 Å². The average Bonchev–Trinajstić information content (AvgIpc) is 3.31. The topological polar surface area (TPSA) is 86.2 Å². The predicted molar refractivity (Wildman–Crippen MR) is 106 cm³/mol. The molecule has 1 amide bonds. The first-order valence-corrected chi connectivity index (χ1v) is 9.76. The second kappa shape index (κ2) is 9.19. The minimum absolute atomic E-state index is 0.00595. The SMILES string of the molecule is CCNC(=NCC(=O)N1CCc2ccccc21)NCC1(CCO)CCOC1. The van der Waals surface area contributed by atoms with Crippen LogP contribution in [0.1, 0.15) is 25.3 Å². The van der Waals surface area contributed by atoms with E-state index in [-0.39, 0.29) is 24.5 Å². The molecule has 1 unspecified atom stereocenters. The smallest absolute Gasteiger partial charge is 0.248 e. The summed E-state index contributed by atoms with van der Waals surface area (Å²) in [6.07, 6.45) is 2.51. The van der Waals surface area contributed by atoms with Crippen molar-refractivity contribution in [3.8, 4) is 0 Å². The van der Waals surface area contributed by atoms with Gasteiger partial charge in [-0.05, 0) is 37.8 Å². The summed E-state index contributed by atoms with van der Waals surface area (Å²) in [6.45, 7) is 5.72. The molecule has 0 spiro atoms. The van der Waals surface area contributed by atoms with Crippen LogP contribution in [0.15, 0.2) is 29.3 Å². The molecular formula is C20H30N4O3. The molecule has 1 fully saturated rings. The number of amides is 1. The Kier molecular flexibility index (Phi) is 6.68. The van der Waals surface area contributed by atoms with E-state index < -0.39 is 0 Å². The Morgan fingerprint density at radius 3 is 2.96 bits per heavy atom. The predicted octanol–water partition coefficient (Wildman–Crippen LogP) is 0.920. The minimum Gasteiger partial charge on any atom is -0.396 e. The molecular weight excluding hydrogens is 344 g/mol. The summed E-state index contributed by atoms with van der Waals surface area (Å²) in [6, 6.07) is 8.03. The van der Waals surface area contributed by atoms with Gasteiger partial charge in [0.1, 0.15) is 6.54 Å². The fourth-order valence-electron chi connectivity index (χ4n) is 3.75. The first-order chi connectivity index (χ1) is 13.2. The summed E-state index contributed by atoms with van der Waals surface area (Å²) in [5.74, 6) is 0.633. The van der Waals surface area contributed by atoms with Crippen LogP contribution in [0.25, 0.3) is 0 Å². The zero-order valence-electron chi connectivity index (χ0n) is 16.0. The molecule has 148 valence electrons. The number of ether oxygens (including phenoxy) is 1. The van der Waals surface area contributed by atoms with E-state index in [1.54, 1.807) is 0 Å². The molecule has 27 heavy (non-hydrogen) atoms. The second-order valence-electron chi connectivity index (χ2n) is 7.25. The van der Waals surface area contributed by atoms with Gasteiger partial charge >= 0.3 is 0 Å². The third-order valence-corrected chi connectivity index (χ3v) is 5.36. The molecule has 7 heteroatoms. The summed E-state index contributed by atoms with van der Waals surface area (Å²) in [5.41, 5.74) is 2.15. The van der Waals surface area contributed by atoms with Crippen LogP contribution in [0.5, 0.6) is 0 Å². The molecule has 0 bridgehead atoms. The number of benzene rings is 1. The number of aliphatic hydroxyl groups is 1. The van der Waals surface area contributed by atoms with Crippen molar-refractivity contribution in [3.63, 3.8) is 0 Å². The van der Waals surface area contributed by atoms with Gasteiger partial charge in [-0.3, -0.25) is 4.79 Å². The monoisotopic (exact) mass is 374 g/mol. The Morgan fingerprint density at radius 1 is 1.37 bits per heavy atom. The molecule has 1 aromatic carbocycles. The number of aliphatic hydroxyl groups excluding tert-OH is 1. The standard InChI is InChI=1S/C20H30N4O3/c1-2-21-19(23-14-20(8-11-25)9-12-27-15-20)22-13-18(26)24-10-7-16-5-3-4-6-17(16)24/h3-6,25H,2,7-15H2,1H3,(H2,21,22,23). The van der Waals surface area contributed by atoms with Crippen molar-refractivity contribution < 1.29 is 14.6 Å². The van der Waals surface area contributed by atoms with Crippen molar-refractivity contribution in [3.05, 3.63) is 29.8 Å². The number of rotatable bonds is 7. The molecule has 0 radical (unpaired) electrons. The van der Waals surface area contributed by atoms with Crippen LogP contribution in [-0.4, -0.2) is 63.0 Å². The Balaban J connectivity index is 1.59. The quantitative estimate of drug-likeness (QED) is 0.488. The normalized spacial score (nSPS) is 22.0. The summed E-state index contributed by atoms with van der Waals surface area (Å²) in [4.78, 5) is 19.0. The van der Waals surface area contributed by atoms with Crippen LogP contribution in [0, 0.1) is 5.41 Å². The maximum absolute atomic E-state index is 12.7. The van der Waals surface area contributed by atoms with Gasteiger partial charge < -0.3 is 25.4 Å². The summed E-state index contributed by atoms with van der Waals surface area (Å²) in [7, 11) is 0. The first kappa shape index (κ1) is 19.6. The van der Waals surface area contributed by atoms with Gasteiger partial charge in [0.15, 0.2) is 5.96 Å². The van der Waals surface area contributed by atoms with Crippen molar-refractivity contribution in [1.29, 1.82) is 0 Å². The highest BCUT2D eigenvalue weighted by molar-refractivity contribution is 5.98. The van der Waals surface area contributed by atoms with Crippen LogP contribution in [0.4, 0.5) is 5.69 Å². The fraction of sp³-hybridized carbons (Fsp3) is 0.600. The lowest BCUT2D eigenvalue weighted by Gasteiger charge is -2.27. The molecule has 1 saturated heterocycles. The van der Waals surface area contributed by atoms with Gasteiger partial charge in [0, 0.05) is 44.0 Å². The molecule has 3 rings (SSSR count). The molecule has 2 aliphatic rings. The maximum Gasteiger partial charge on any atom is 0.248 e. The van der Waals surface area contributed by atoms with Crippen LogP contribution < -0.4 is 15.5 Å². The zero-order valence-corrected chi connectivity index (χ0v) is 16.0. The Labute approximate surface area is 160 Å². The van der Waals surface area contributed by atoms with Crippen LogP contribution >= 0.6 is 0 Å². The van der Waals surface area contributed by atoms with E-state index >= 15 is 0 Å². The number of guanidine groups is 1. The van der Waals surface area contributed by atoms with Gasteiger partial charge in [0.05, 0.1) is 6.61 Å². The molecule has 1 aromatic rings. The lowest BCUT2D eigenvalue weighted by atomic mass is 9.84. The van der Waals surface area contributed by atoms with Gasteiger partial charge in [-0.25, -0.2) is 4.99 Å². The molecule has 1 atom stereocenters.